The van der Waals surface area contributed by atoms with Crippen LogP contribution in [0.25, 0.3) is 69.2 Å². The van der Waals surface area contributed by atoms with Gasteiger partial charge in [0.2, 0.25) is 0 Å². The van der Waals surface area contributed by atoms with Gasteiger partial charge in [-0.2, -0.15) is 0 Å². The molecule has 338 valence electrons. The summed E-state index contributed by atoms with van der Waals surface area (Å²) >= 11 is 0. The fourth-order valence-electron chi connectivity index (χ4n) is 7.19. The van der Waals surface area contributed by atoms with Crippen molar-refractivity contribution >= 4 is 86.2 Å². The van der Waals surface area contributed by atoms with Crippen molar-refractivity contribution in [2.24, 2.45) is 0 Å². The van der Waals surface area contributed by atoms with Crippen molar-refractivity contribution in [1.82, 2.24) is 15.0 Å². The summed E-state index contributed by atoms with van der Waals surface area (Å²) in [5, 5.41) is 32.5. The van der Waals surface area contributed by atoms with Gasteiger partial charge in [-0.25, -0.2) is 0 Å². The summed E-state index contributed by atoms with van der Waals surface area (Å²) in [4.78, 5) is 18.9. The van der Waals surface area contributed by atoms with Gasteiger partial charge in [0.1, 0.15) is 33.8 Å². The largest absolute Gasteiger partial charge is 0.506 e. The van der Waals surface area contributed by atoms with E-state index in [0.717, 1.165) is 49.5 Å². The first-order chi connectivity index (χ1) is 31.9. The Hall–Kier alpha value is -7.91. The summed E-state index contributed by atoms with van der Waals surface area (Å²) in [5.74, 6) is 0.634. The van der Waals surface area contributed by atoms with Gasteiger partial charge in [0.05, 0.1) is 0 Å². The van der Waals surface area contributed by atoms with Gasteiger partial charge in [0, 0.05) is 111 Å². The van der Waals surface area contributed by atoms with Crippen LogP contribution in [0.1, 0.15) is 33.4 Å². The van der Waals surface area contributed by atoms with Crippen molar-refractivity contribution in [2.45, 2.75) is 0 Å². The number of aromatic nitrogens is 3. The molecule has 0 radical (unpaired) electrons. The van der Waals surface area contributed by atoms with Gasteiger partial charge in [-0.1, -0.05) is 109 Å². The molecule has 0 aliphatic carbocycles. The van der Waals surface area contributed by atoms with E-state index in [0.29, 0.717) is 16.6 Å². The Morgan fingerprint density at radius 3 is 0.821 bits per heavy atom. The molecule has 0 fully saturated rings. The van der Waals surface area contributed by atoms with Crippen LogP contribution in [0, 0.1) is 0 Å². The molecule has 67 heavy (non-hydrogen) atoms. The Labute approximate surface area is 403 Å². The van der Waals surface area contributed by atoms with Crippen LogP contribution in [0.4, 0.5) is 17.1 Å². The van der Waals surface area contributed by atoms with Gasteiger partial charge in [0.25, 0.3) is 0 Å². The fraction of sp³-hybridized carbons (Fsp3) is 0.105. The second kappa shape index (κ2) is 22.8. The molecule has 3 heterocycles. The van der Waals surface area contributed by atoms with Crippen molar-refractivity contribution in [3.05, 3.63) is 198 Å². The third kappa shape index (κ3) is 12.5. The molecule has 6 aromatic carbocycles. The van der Waals surface area contributed by atoms with E-state index < -0.39 is 0 Å². The van der Waals surface area contributed by atoms with Crippen molar-refractivity contribution < 1.29 is 32.4 Å². The molecule has 0 aliphatic rings. The molecule has 0 unspecified atom stereocenters. The maximum absolute atomic E-state index is 9.87. The Bertz CT molecular complexity index is 2810. The van der Waals surface area contributed by atoms with Crippen LogP contribution in [0.2, 0.25) is 0 Å². The van der Waals surface area contributed by atoms with E-state index in [1.54, 1.807) is 36.8 Å². The Kier molecular flexibility index (Phi) is 16.5. The normalized spacial score (nSPS) is 11.0. The average Bonchev–Trinajstić information content (AvgIpc) is 3.33. The van der Waals surface area contributed by atoms with E-state index in [9.17, 15) is 15.3 Å². The zero-order valence-electron chi connectivity index (χ0n) is 38.4. The van der Waals surface area contributed by atoms with Crippen LogP contribution in [-0.4, -0.2) is 72.6 Å². The molecular weight excluding hydrogens is 873 g/mol. The summed E-state index contributed by atoms with van der Waals surface area (Å²) in [6.45, 7) is 0. The number of benzene rings is 6. The Morgan fingerprint density at radius 1 is 0.328 bits per heavy atom. The maximum Gasteiger partial charge on any atom is 0.141 e. The predicted octanol–water partition coefficient (Wildman–Crippen LogP) is 12.5. The minimum Gasteiger partial charge on any atom is -0.506 e. The first-order valence-electron chi connectivity index (χ1n) is 21.5. The first-order valence-corrected chi connectivity index (χ1v) is 21.5. The van der Waals surface area contributed by atoms with Crippen LogP contribution in [0.5, 0.6) is 17.2 Å². The average molecular weight is 927 g/mol. The summed E-state index contributed by atoms with van der Waals surface area (Å²) < 4.78 is 0. The van der Waals surface area contributed by atoms with Crippen molar-refractivity contribution in [3.63, 3.8) is 0 Å². The summed E-state index contributed by atoms with van der Waals surface area (Å²) in [7, 11) is 12.2. The quantitative estimate of drug-likeness (QED) is 0.122. The summed E-state index contributed by atoms with van der Waals surface area (Å²) in [5.41, 5.74) is 12.0. The number of phenols is 3. The van der Waals surface area contributed by atoms with Gasteiger partial charge in [-0.3, -0.25) is 15.0 Å². The molecule has 0 amide bonds. The molecule has 10 heteroatoms. The second-order valence-electron chi connectivity index (χ2n) is 16.2. The molecule has 0 spiro atoms. The van der Waals surface area contributed by atoms with Crippen LogP contribution in [-0.2, 0) is 17.1 Å². The van der Waals surface area contributed by atoms with E-state index in [4.69, 9.17) is 0 Å². The number of hydrogen-bond donors (Lipinski definition) is 3. The number of nitrogens with zero attached hydrogens (tertiary/aromatic N) is 6. The standard InChI is InChI=1S/3C19H18N2O.Fe/c3*1-21(2)16-10-7-14(8-11-16)6-9-15-12-13-20-19-17(15)4-3-5-18(19)22;/h3*3-13,22H,1-2H3;. The molecule has 3 aromatic heterocycles. The number of phenolic OH excluding ortho intramolecular Hbond substituents is 3. The van der Waals surface area contributed by atoms with Crippen LogP contribution in [0.15, 0.2) is 164 Å². The van der Waals surface area contributed by atoms with Crippen molar-refractivity contribution in [1.29, 1.82) is 0 Å². The van der Waals surface area contributed by atoms with Crippen LogP contribution >= 0.6 is 0 Å². The van der Waals surface area contributed by atoms with Crippen LogP contribution < -0.4 is 14.7 Å². The summed E-state index contributed by atoms with van der Waals surface area (Å²) in [6, 6.07) is 47.3. The van der Waals surface area contributed by atoms with Gasteiger partial charge >= 0.3 is 0 Å². The third-order valence-electron chi connectivity index (χ3n) is 10.9. The first kappa shape index (κ1) is 48.5. The van der Waals surface area contributed by atoms with E-state index in [2.05, 4.69) is 121 Å². The number of hydrogen-bond acceptors (Lipinski definition) is 9. The van der Waals surface area contributed by atoms with Crippen molar-refractivity contribution in [2.75, 3.05) is 57.0 Å². The molecule has 3 N–H and O–H groups in total. The predicted molar refractivity (Wildman–Crippen MR) is 279 cm³/mol. The minimum atomic E-state index is 0. The molecular formula is C57H54FeN6O3. The van der Waals surface area contributed by atoms with E-state index in [1.807, 2.05) is 115 Å². The molecule has 9 rings (SSSR count). The SMILES string of the molecule is CN(C)c1ccc(C=Cc2ccnc3c(O)cccc23)cc1.CN(C)c1ccc(C=Cc2ccnc3c(O)cccc23)cc1.CN(C)c1ccc(C=Cc2ccnc3c(O)cccc23)cc1.[Fe]. The van der Waals surface area contributed by atoms with Gasteiger partial charge in [-0.05, 0) is 106 Å². The van der Waals surface area contributed by atoms with Gasteiger partial charge < -0.3 is 30.0 Å². The zero-order valence-corrected chi connectivity index (χ0v) is 39.5. The van der Waals surface area contributed by atoms with Crippen LogP contribution in [0.3, 0.4) is 0 Å². The van der Waals surface area contributed by atoms with Crippen molar-refractivity contribution in [3.8, 4) is 17.2 Å². The molecule has 0 saturated carbocycles. The number of aromatic hydroxyl groups is 3. The molecule has 0 saturated heterocycles. The molecule has 0 aliphatic heterocycles. The topological polar surface area (TPSA) is 109 Å². The Morgan fingerprint density at radius 2 is 0.582 bits per heavy atom. The van der Waals surface area contributed by atoms with E-state index in [-0.39, 0.29) is 34.3 Å². The minimum absolute atomic E-state index is 0. The molecule has 0 bridgehead atoms. The number of para-hydroxylation sites is 3. The molecule has 9 aromatic rings. The second-order valence-corrected chi connectivity index (χ2v) is 16.2. The van der Waals surface area contributed by atoms with E-state index >= 15 is 0 Å². The van der Waals surface area contributed by atoms with Gasteiger partial charge in [0.15, 0.2) is 0 Å². The summed E-state index contributed by atoms with van der Waals surface area (Å²) in [6.07, 6.45) is 17.5. The van der Waals surface area contributed by atoms with E-state index in [1.165, 1.54) is 17.1 Å². The number of rotatable bonds is 9. The monoisotopic (exact) mass is 926 g/mol. The molecule has 9 nitrogen and oxygen atoms in total. The number of fused-ring (bicyclic) bond motifs is 3. The number of anilines is 3. The third-order valence-corrected chi connectivity index (χ3v) is 10.9. The smallest absolute Gasteiger partial charge is 0.141 e. The van der Waals surface area contributed by atoms with Gasteiger partial charge in [-0.15, -0.1) is 0 Å². The fourth-order valence-corrected chi connectivity index (χ4v) is 7.19. The zero-order chi connectivity index (χ0) is 46.6. The maximum atomic E-state index is 9.87. The number of pyridine rings is 3. The molecule has 0 atom stereocenters. The Balaban J connectivity index is 0.000000165.